The van der Waals surface area contributed by atoms with Gasteiger partial charge in [-0.1, -0.05) is 24.3 Å². The number of nitrogens with zero attached hydrogens (tertiary/aromatic N) is 2. The Morgan fingerprint density at radius 2 is 1.76 bits per heavy atom. The van der Waals surface area contributed by atoms with E-state index in [-0.39, 0.29) is 18.4 Å². The maximum absolute atomic E-state index is 13.0. The highest BCUT2D eigenvalue weighted by molar-refractivity contribution is 7.08. The molecule has 0 bridgehead atoms. The van der Waals surface area contributed by atoms with Crippen molar-refractivity contribution < 1.29 is 9.59 Å². The lowest BCUT2D eigenvalue weighted by atomic mass is 9.92. The lowest BCUT2D eigenvalue weighted by Crippen LogP contribution is -2.41. The minimum Gasteiger partial charge on any atom is -0.269 e. The SMILES string of the molecule is O=C1/C(=C\c2ccsc2)c2ccccc2C(=O)N1Cc1ccccn1. The molecule has 0 unspecified atom stereocenters. The summed E-state index contributed by atoms with van der Waals surface area (Å²) in [5.41, 5.74) is 3.39. The smallest absolute Gasteiger partial charge is 0.261 e. The number of hydrogen-bond acceptors (Lipinski definition) is 4. The summed E-state index contributed by atoms with van der Waals surface area (Å²) in [6.45, 7) is 0.161. The minimum absolute atomic E-state index is 0.161. The van der Waals surface area contributed by atoms with Crippen LogP contribution in [0.1, 0.15) is 27.2 Å². The first-order chi connectivity index (χ1) is 12.2. The zero-order valence-electron chi connectivity index (χ0n) is 13.3. The Morgan fingerprint density at radius 3 is 2.48 bits per heavy atom. The molecule has 0 saturated carbocycles. The van der Waals surface area contributed by atoms with Crippen molar-refractivity contribution in [2.45, 2.75) is 6.54 Å². The third-order valence-corrected chi connectivity index (χ3v) is 4.77. The van der Waals surface area contributed by atoms with Gasteiger partial charge in [0.2, 0.25) is 0 Å². The minimum atomic E-state index is -0.291. The highest BCUT2D eigenvalue weighted by Gasteiger charge is 2.34. The Kier molecular flexibility index (Phi) is 3.99. The van der Waals surface area contributed by atoms with Crippen LogP contribution in [0.4, 0.5) is 0 Å². The Balaban J connectivity index is 1.80. The summed E-state index contributed by atoms with van der Waals surface area (Å²) < 4.78 is 0. The number of imide groups is 1. The molecule has 0 N–H and O–H groups in total. The Hall–Kier alpha value is -3.05. The fraction of sp³-hybridized carbons (Fsp3) is 0.0500. The molecule has 1 aliphatic rings. The van der Waals surface area contributed by atoms with Crippen molar-refractivity contribution in [2.75, 3.05) is 0 Å². The number of hydrogen-bond donors (Lipinski definition) is 0. The van der Waals surface area contributed by atoms with Crippen molar-refractivity contribution in [1.29, 1.82) is 0 Å². The van der Waals surface area contributed by atoms with Gasteiger partial charge in [0.25, 0.3) is 11.8 Å². The van der Waals surface area contributed by atoms with E-state index in [0.29, 0.717) is 22.4 Å². The van der Waals surface area contributed by atoms with Crippen LogP contribution in [0, 0.1) is 0 Å². The van der Waals surface area contributed by atoms with Crippen molar-refractivity contribution in [1.82, 2.24) is 9.88 Å². The Morgan fingerprint density at radius 1 is 0.960 bits per heavy atom. The number of rotatable bonds is 3. The van der Waals surface area contributed by atoms with Crippen molar-refractivity contribution >= 4 is 34.8 Å². The quantitative estimate of drug-likeness (QED) is 0.534. The van der Waals surface area contributed by atoms with Gasteiger partial charge in [-0.15, -0.1) is 0 Å². The third-order valence-electron chi connectivity index (χ3n) is 4.07. The van der Waals surface area contributed by atoms with Crippen molar-refractivity contribution in [2.24, 2.45) is 0 Å². The molecule has 0 fully saturated rings. The maximum Gasteiger partial charge on any atom is 0.261 e. The zero-order valence-corrected chi connectivity index (χ0v) is 14.1. The average molecular weight is 346 g/mol. The largest absolute Gasteiger partial charge is 0.269 e. The molecule has 0 spiro atoms. The van der Waals surface area contributed by atoms with Crippen LogP contribution in [0.5, 0.6) is 0 Å². The first-order valence-electron chi connectivity index (χ1n) is 7.83. The first kappa shape index (κ1) is 15.5. The molecular formula is C20H14N2O2S. The number of fused-ring (bicyclic) bond motifs is 1. The van der Waals surface area contributed by atoms with E-state index in [1.54, 1.807) is 29.7 Å². The van der Waals surface area contributed by atoms with Gasteiger partial charge in [0.05, 0.1) is 12.2 Å². The van der Waals surface area contributed by atoms with Crippen LogP contribution < -0.4 is 0 Å². The van der Waals surface area contributed by atoms with Gasteiger partial charge in [0.15, 0.2) is 0 Å². The van der Waals surface area contributed by atoms with E-state index in [2.05, 4.69) is 4.98 Å². The Labute approximate surface area is 149 Å². The Bertz CT molecular complexity index is 962. The normalized spacial score (nSPS) is 15.5. The first-order valence-corrected chi connectivity index (χ1v) is 8.78. The molecule has 122 valence electrons. The second-order valence-corrected chi connectivity index (χ2v) is 6.46. The monoisotopic (exact) mass is 346 g/mol. The van der Waals surface area contributed by atoms with Gasteiger partial charge in [-0.25, -0.2) is 0 Å². The number of carbonyl (C=O) groups is 2. The van der Waals surface area contributed by atoms with Crippen LogP contribution in [-0.2, 0) is 11.3 Å². The predicted molar refractivity (Wildman–Crippen MR) is 97.7 cm³/mol. The maximum atomic E-state index is 13.0. The summed E-state index contributed by atoms with van der Waals surface area (Å²) in [5, 5.41) is 3.94. The summed E-state index contributed by atoms with van der Waals surface area (Å²) >= 11 is 1.57. The van der Waals surface area contributed by atoms with Gasteiger partial charge in [-0.05, 0) is 52.2 Å². The molecule has 4 rings (SSSR count). The van der Waals surface area contributed by atoms with Gasteiger partial charge < -0.3 is 0 Å². The van der Waals surface area contributed by atoms with E-state index >= 15 is 0 Å². The number of amides is 2. The zero-order chi connectivity index (χ0) is 17.2. The highest BCUT2D eigenvalue weighted by atomic mass is 32.1. The van der Waals surface area contributed by atoms with Crippen LogP contribution >= 0.6 is 11.3 Å². The molecule has 3 heterocycles. The summed E-state index contributed by atoms with van der Waals surface area (Å²) in [6.07, 6.45) is 3.50. The van der Waals surface area contributed by atoms with Gasteiger partial charge in [-0.3, -0.25) is 19.5 Å². The molecule has 0 saturated heterocycles. The van der Waals surface area contributed by atoms with E-state index in [9.17, 15) is 9.59 Å². The molecule has 2 aromatic heterocycles. The number of benzene rings is 1. The standard InChI is InChI=1S/C20H14N2O2S/c23-19-17-7-2-1-6-16(17)18(11-14-8-10-25-13-14)20(24)22(19)12-15-5-3-4-9-21-15/h1-11,13H,12H2/b18-11-. The lowest BCUT2D eigenvalue weighted by molar-refractivity contribution is -0.123. The van der Waals surface area contributed by atoms with Crippen LogP contribution in [0.2, 0.25) is 0 Å². The van der Waals surface area contributed by atoms with Crippen LogP contribution in [0.3, 0.4) is 0 Å². The van der Waals surface area contributed by atoms with E-state index < -0.39 is 0 Å². The number of aromatic nitrogens is 1. The number of carbonyl (C=O) groups excluding carboxylic acids is 2. The molecule has 1 aromatic carbocycles. The van der Waals surface area contributed by atoms with Crippen molar-refractivity contribution in [3.63, 3.8) is 0 Å². The molecule has 2 amide bonds. The molecule has 0 atom stereocenters. The summed E-state index contributed by atoms with van der Waals surface area (Å²) in [6, 6.07) is 14.6. The van der Waals surface area contributed by atoms with E-state index in [4.69, 9.17) is 0 Å². The second kappa shape index (κ2) is 6.45. The average Bonchev–Trinajstić information content (AvgIpc) is 3.16. The van der Waals surface area contributed by atoms with Crippen LogP contribution in [0.15, 0.2) is 65.5 Å². The number of pyridine rings is 1. The fourth-order valence-electron chi connectivity index (χ4n) is 2.86. The molecule has 0 radical (unpaired) electrons. The fourth-order valence-corrected chi connectivity index (χ4v) is 3.48. The van der Waals surface area contributed by atoms with Crippen molar-refractivity contribution in [3.8, 4) is 0 Å². The summed E-state index contributed by atoms with van der Waals surface area (Å²) in [4.78, 5) is 31.4. The highest BCUT2D eigenvalue weighted by Crippen LogP contribution is 2.31. The molecule has 5 heteroatoms. The van der Waals surface area contributed by atoms with Gasteiger partial charge in [-0.2, -0.15) is 11.3 Å². The van der Waals surface area contributed by atoms with E-state index in [1.807, 2.05) is 53.2 Å². The van der Waals surface area contributed by atoms with Crippen LogP contribution in [-0.4, -0.2) is 21.7 Å². The van der Waals surface area contributed by atoms with Crippen molar-refractivity contribution in [3.05, 3.63) is 87.9 Å². The van der Waals surface area contributed by atoms with E-state index in [0.717, 1.165) is 5.56 Å². The molecule has 3 aromatic rings. The molecule has 4 nitrogen and oxygen atoms in total. The summed E-state index contributed by atoms with van der Waals surface area (Å²) in [5.74, 6) is -0.575. The van der Waals surface area contributed by atoms with Gasteiger partial charge in [0, 0.05) is 17.3 Å². The lowest BCUT2D eigenvalue weighted by Gasteiger charge is -2.28. The third kappa shape index (κ3) is 2.90. The van der Waals surface area contributed by atoms with Crippen LogP contribution in [0.25, 0.3) is 11.6 Å². The predicted octanol–water partition coefficient (Wildman–Crippen LogP) is 3.87. The topological polar surface area (TPSA) is 50.3 Å². The number of thiophene rings is 1. The molecular weight excluding hydrogens is 332 g/mol. The van der Waals surface area contributed by atoms with E-state index in [1.165, 1.54) is 4.90 Å². The molecule has 25 heavy (non-hydrogen) atoms. The van der Waals surface area contributed by atoms with Gasteiger partial charge in [0.1, 0.15) is 0 Å². The molecule has 1 aliphatic heterocycles. The molecule has 0 aliphatic carbocycles. The second-order valence-electron chi connectivity index (χ2n) is 5.68. The van der Waals surface area contributed by atoms with Gasteiger partial charge >= 0.3 is 0 Å². The summed E-state index contributed by atoms with van der Waals surface area (Å²) in [7, 11) is 0.